The number of methoxy groups -OCH3 is 1. The van der Waals surface area contributed by atoms with Crippen LogP contribution in [0.25, 0.3) is 17.2 Å². The van der Waals surface area contributed by atoms with E-state index in [0.29, 0.717) is 23.7 Å². The van der Waals surface area contributed by atoms with Gasteiger partial charge in [0.25, 0.3) is 0 Å². The molecule has 0 unspecified atom stereocenters. The summed E-state index contributed by atoms with van der Waals surface area (Å²) < 4.78 is 16.5. The normalized spacial score (nSPS) is 14.2. The number of ether oxygens (including phenoxy) is 3. The van der Waals surface area contributed by atoms with Crippen molar-refractivity contribution < 1.29 is 19.0 Å². The number of carbonyl (C=O) groups excluding carboxylic acids is 1. The predicted octanol–water partition coefficient (Wildman–Crippen LogP) is 5.27. The lowest BCUT2D eigenvalue weighted by atomic mass is 10.0. The van der Waals surface area contributed by atoms with Gasteiger partial charge in [-0.15, -0.1) is 0 Å². The van der Waals surface area contributed by atoms with Gasteiger partial charge < -0.3 is 14.2 Å². The SMILES string of the molecule is C=CCOc1c(/C=C2\N=C(c3ccc(-c4ccccc4)cc3)OC2=O)cccc1OC. The van der Waals surface area contributed by atoms with Crippen molar-refractivity contribution in [3.63, 3.8) is 0 Å². The molecule has 1 aliphatic heterocycles. The van der Waals surface area contributed by atoms with E-state index in [1.165, 1.54) is 0 Å². The highest BCUT2D eigenvalue weighted by atomic mass is 16.6. The zero-order chi connectivity index (χ0) is 21.6. The summed E-state index contributed by atoms with van der Waals surface area (Å²) in [5, 5.41) is 0. The fourth-order valence-corrected chi connectivity index (χ4v) is 3.22. The number of carbonyl (C=O) groups is 1. The minimum atomic E-state index is -0.514. The molecule has 0 radical (unpaired) electrons. The minimum Gasteiger partial charge on any atom is -0.493 e. The van der Waals surface area contributed by atoms with Gasteiger partial charge in [-0.25, -0.2) is 9.79 Å². The number of aliphatic imine (C=N–C) groups is 1. The molecule has 0 amide bonds. The van der Waals surface area contributed by atoms with Crippen molar-refractivity contribution >= 4 is 17.9 Å². The van der Waals surface area contributed by atoms with Gasteiger partial charge >= 0.3 is 5.97 Å². The lowest BCUT2D eigenvalue weighted by molar-refractivity contribution is -0.129. The van der Waals surface area contributed by atoms with Gasteiger partial charge in [-0.05, 0) is 35.4 Å². The van der Waals surface area contributed by atoms with Gasteiger partial charge in [0.2, 0.25) is 5.90 Å². The Balaban J connectivity index is 1.63. The van der Waals surface area contributed by atoms with Crippen LogP contribution >= 0.6 is 0 Å². The molecule has 1 heterocycles. The second kappa shape index (κ2) is 9.13. The monoisotopic (exact) mass is 411 g/mol. The van der Waals surface area contributed by atoms with E-state index in [1.54, 1.807) is 25.3 Å². The fraction of sp³-hybridized carbons (Fsp3) is 0.0769. The molecule has 5 nitrogen and oxygen atoms in total. The number of esters is 1. The fourth-order valence-electron chi connectivity index (χ4n) is 3.22. The first-order valence-electron chi connectivity index (χ1n) is 9.78. The first-order valence-corrected chi connectivity index (χ1v) is 9.78. The molecule has 0 fully saturated rings. The van der Waals surface area contributed by atoms with E-state index in [2.05, 4.69) is 11.6 Å². The molecular weight excluding hydrogens is 390 g/mol. The predicted molar refractivity (Wildman–Crippen MR) is 121 cm³/mol. The third kappa shape index (κ3) is 4.41. The molecule has 0 saturated carbocycles. The van der Waals surface area contributed by atoms with Crippen LogP contribution in [0.2, 0.25) is 0 Å². The molecule has 0 bridgehead atoms. The molecule has 4 rings (SSSR count). The summed E-state index contributed by atoms with van der Waals surface area (Å²) in [6.45, 7) is 3.98. The number of hydrogen-bond acceptors (Lipinski definition) is 5. The average molecular weight is 411 g/mol. The molecule has 0 N–H and O–H groups in total. The van der Waals surface area contributed by atoms with Crippen LogP contribution in [-0.4, -0.2) is 25.6 Å². The van der Waals surface area contributed by atoms with Gasteiger partial charge in [-0.1, -0.05) is 67.3 Å². The quantitative estimate of drug-likeness (QED) is 0.302. The third-order valence-electron chi connectivity index (χ3n) is 4.73. The van der Waals surface area contributed by atoms with Crippen molar-refractivity contribution in [2.24, 2.45) is 4.99 Å². The van der Waals surface area contributed by atoms with Crippen LogP contribution in [0.15, 0.2) is 96.1 Å². The smallest absolute Gasteiger partial charge is 0.363 e. The number of hydrogen-bond donors (Lipinski definition) is 0. The highest BCUT2D eigenvalue weighted by Crippen LogP contribution is 2.33. The Kier molecular flexibility index (Phi) is 5.94. The molecule has 3 aromatic carbocycles. The first kappa shape index (κ1) is 20.2. The van der Waals surface area contributed by atoms with Crippen molar-refractivity contribution in [3.05, 3.63) is 102 Å². The van der Waals surface area contributed by atoms with Gasteiger partial charge in [0.05, 0.1) is 7.11 Å². The van der Waals surface area contributed by atoms with Gasteiger partial charge in [0.1, 0.15) is 6.61 Å². The van der Waals surface area contributed by atoms with Crippen LogP contribution in [0.1, 0.15) is 11.1 Å². The van der Waals surface area contributed by atoms with E-state index in [1.807, 2.05) is 66.7 Å². The van der Waals surface area contributed by atoms with Crippen LogP contribution in [0.3, 0.4) is 0 Å². The molecule has 154 valence electrons. The van der Waals surface area contributed by atoms with Crippen LogP contribution in [0.5, 0.6) is 11.5 Å². The zero-order valence-corrected chi connectivity index (χ0v) is 17.1. The Labute approximate surface area is 180 Å². The molecule has 0 aliphatic carbocycles. The topological polar surface area (TPSA) is 57.1 Å². The minimum absolute atomic E-state index is 0.193. The second-order valence-corrected chi connectivity index (χ2v) is 6.76. The third-order valence-corrected chi connectivity index (χ3v) is 4.73. The largest absolute Gasteiger partial charge is 0.493 e. The van der Waals surface area contributed by atoms with Crippen LogP contribution in [0, 0.1) is 0 Å². The lowest BCUT2D eigenvalue weighted by Gasteiger charge is -2.12. The van der Waals surface area contributed by atoms with Crippen LogP contribution in [-0.2, 0) is 9.53 Å². The highest BCUT2D eigenvalue weighted by Gasteiger charge is 2.25. The standard InChI is InChI=1S/C26H21NO4/c1-3-16-30-24-21(10-7-11-23(24)29-2)17-22-26(28)31-25(27-22)20-14-12-19(13-15-20)18-8-5-4-6-9-18/h3-15,17H,1,16H2,2H3/b22-17-. The Morgan fingerprint density at radius 3 is 2.35 bits per heavy atom. The Bertz CT molecular complexity index is 1160. The molecule has 0 spiro atoms. The van der Waals surface area contributed by atoms with Gasteiger partial charge in [-0.2, -0.15) is 0 Å². The summed E-state index contributed by atoms with van der Waals surface area (Å²) in [6.07, 6.45) is 3.27. The highest BCUT2D eigenvalue weighted by molar-refractivity contribution is 6.13. The van der Waals surface area contributed by atoms with E-state index >= 15 is 0 Å². The summed E-state index contributed by atoms with van der Waals surface area (Å²) in [5.41, 5.74) is 3.78. The van der Waals surface area contributed by atoms with Gasteiger partial charge in [-0.3, -0.25) is 0 Å². The summed E-state index contributed by atoms with van der Waals surface area (Å²) in [5.74, 6) is 0.830. The lowest BCUT2D eigenvalue weighted by Crippen LogP contribution is -2.05. The Morgan fingerprint density at radius 2 is 1.65 bits per heavy atom. The maximum atomic E-state index is 12.4. The van der Waals surface area contributed by atoms with Crippen molar-refractivity contribution in [2.45, 2.75) is 0 Å². The van der Waals surface area contributed by atoms with E-state index in [0.717, 1.165) is 16.7 Å². The Hall–Kier alpha value is -4.12. The number of rotatable bonds is 7. The summed E-state index contributed by atoms with van der Waals surface area (Å²) in [4.78, 5) is 16.8. The number of para-hydroxylation sites is 1. The number of benzene rings is 3. The van der Waals surface area contributed by atoms with E-state index in [-0.39, 0.29) is 11.6 Å². The Morgan fingerprint density at radius 1 is 0.935 bits per heavy atom. The molecule has 3 aromatic rings. The molecular formula is C26H21NO4. The maximum absolute atomic E-state index is 12.4. The average Bonchev–Trinajstić information content (AvgIpc) is 3.18. The molecule has 0 aromatic heterocycles. The molecule has 0 saturated heterocycles. The number of nitrogens with zero attached hydrogens (tertiary/aromatic N) is 1. The van der Waals surface area contributed by atoms with Crippen LogP contribution < -0.4 is 9.47 Å². The maximum Gasteiger partial charge on any atom is 0.363 e. The zero-order valence-electron chi connectivity index (χ0n) is 17.1. The van der Waals surface area contributed by atoms with Crippen molar-refractivity contribution in [2.75, 3.05) is 13.7 Å². The second-order valence-electron chi connectivity index (χ2n) is 6.76. The summed E-state index contributed by atoms with van der Waals surface area (Å²) in [7, 11) is 1.56. The molecule has 0 atom stereocenters. The van der Waals surface area contributed by atoms with Crippen LogP contribution in [0.4, 0.5) is 0 Å². The van der Waals surface area contributed by atoms with E-state index in [9.17, 15) is 4.79 Å². The van der Waals surface area contributed by atoms with E-state index < -0.39 is 5.97 Å². The van der Waals surface area contributed by atoms with E-state index in [4.69, 9.17) is 14.2 Å². The van der Waals surface area contributed by atoms with Crippen molar-refractivity contribution in [1.82, 2.24) is 0 Å². The molecule has 1 aliphatic rings. The van der Waals surface area contributed by atoms with Gasteiger partial charge in [0.15, 0.2) is 17.2 Å². The molecule has 31 heavy (non-hydrogen) atoms. The summed E-state index contributed by atoms with van der Waals surface area (Å²) in [6, 6.07) is 23.2. The summed E-state index contributed by atoms with van der Waals surface area (Å²) >= 11 is 0. The molecule has 5 heteroatoms. The van der Waals surface area contributed by atoms with Crippen molar-refractivity contribution in [1.29, 1.82) is 0 Å². The number of cyclic esters (lactones) is 1. The van der Waals surface area contributed by atoms with Gasteiger partial charge in [0, 0.05) is 11.1 Å². The van der Waals surface area contributed by atoms with Crippen molar-refractivity contribution in [3.8, 4) is 22.6 Å². The first-order chi connectivity index (χ1) is 15.2.